The fraction of sp³-hybridized carbons (Fsp3) is 0.417. The lowest BCUT2D eigenvalue weighted by Gasteiger charge is -2.11. The smallest absolute Gasteiger partial charge is 0.411 e. The standard InChI is InChI=1S/C12H16BrNO4/c1-3-16-12(15)14-11-7-10(13)6-5-9(11)8-18-17-4-2/h5-7H,3-4,8H2,1-2H3,(H,14,15). The van der Waals surface area contributed by atoms with Crippen molar-refractivity contribution in [2.24, 2.45) is 0 Å². The minimum Gasteiger partial charge on any atom is -0.450 e. The second-order valence-corrected chi connectivity index (χ2v) is 4.23. The molecule has 1 aromatic carbocycles. The van der Waals surface area contributed by atoms with E-state index in [0.29, 0.717) is 18.9 Å². The molecule has 0 radical (unpaired) electrons. The predicted molar refractivity (Wildman–Crippen MR) is 71.2 cm³/mol. The minimum atomic E-state index is -0.492. The lowest BCUT2D eigenvalue weighted by molar-refractivity contribution is -0.300. The normalized spacial score (nSPS) is 10.2. The van der Waals surface area contributed by atoms with Crippen molar-refractivity contribution in [3.8, 4) is 0 Å². The zero-order valence-electron chi connectivity index (χ0n) is 10.4. The van der Waals surface area contributed by atoms with Gasteiger partial charge < -0.3 is 4.74 Å². The van der Waals surface area contributed by atoms with Crippen LogP contribution >= 0.6 is 15.9 Å². The zero-order chi connectivity index (χ0) is 13.4. The quantitative estimate of drug-likeness (QED) is 0.495. The molecular weight excluding hydrogens is 302 g/mol. The van der Waals surface area contributed by atoms with Crippen molar-refractivity contribution in [3.05, 3.63) is 28.2 Å². The molecule has 0 saturated heterocycles. The lowest BCUT2D eigenvalue weighted by atomic mass is 10.2. The van der Waals surface area contributed by atoms with Gasteiger partial charge in [-0.05, 0) is 26.0 Å². The Kier molecular flexibility index (Phi) is 6.70. The molecule has 0 atom stereocenters. The summed E-state index contributed by atoms with van der Waals surface area (Å²) in [4.78, 5) is 21.2. The van der Waals surface area contributed by atoms with Gasteiger partial charge in [-0.25, -0.2) is 14.6 Å². The van der Waals surface area contributed by atoms with Crippen LogP contribution in [0.4, 0.5) is 10.5 Å². The van der Waals surface area contributed by atoms with Crippen LogP contribution in [0.2, 0.25) is 0 Å². The van der Waals surface area contributed by atoms with Crippen LogP contribution in [-0.2, 0) is 21.1 Å². The van der Waals surface area contributed by atoms with E-state index in [9.17, 15) is 4.79 Å². The van der Waals surface area contributed by atoms with Crippen LogP contribution in [-0.4, -0.2) is 19.3 Å². The number of anilines is 1. The summed E-state index contributed by atoms with van der Waals surface area (Å²) < 4.78 is 5.68. The van der Waals surface area contributed by atoms with Gasteiger partial charge in [0, 0.05) is 10.0 Å². The fourth-order valence-electron chi connectivity index (χ4n) is 1.26. The van der Waals surface area contributed by atoms with Gasteiger partial charge in [0.05, 0.1) is 18.9 Å². The molecule has 0 aliphatic heterocycles. The van der Waals surface area contributed by atoms with Gasteiger partial charge in [-0.15, -0.1) is 0 Å². The molecule has 1 amide bonds. The van der Waals surface area contributed by atoms with E-state index < -0.39 is 6.09 Å². The van der Waals surface area contributed by atoms with Crippen molar-refractivity contribution in [1.82, 2.24) is 0 Å². The number of nitrogens with one attached hydrogen (secondary N) is 1. The molecule has 0 fully saturated rings. The highest BCUT2D eigenvalue weighted by atomic mass is 79.9. The molecular formula is C12H16BrNO4. The molecule has 0 bridgehead atoms. The van der Waals surface area contributed by atoms with Crippen LogP contribution < -0.4 is 5.32 Å². The Bertz CT molecular complexity index is 398. The van der Waals surface area contributed by atoms with E-state index in [-0.39, 0.29) is 6.61 Å². The third-order valence-corrected chi connectivity index (χ3v) is 2.49. The van der Waals surface area contributed by atoms with E-state index in [0.717, 1.165) is 10.0 Å². The van der Waals surface area contributed by atoms with Gasteiger partial charge in [-0.1, -0.05) is 22.0 Å². The highest BCUT2D eigenvalue weighted by Crippen LogP contribution is 2.22. The second-order valence-electron chi connectivity index (χ2n) is 3.32. The van der Waals surface area contributed by atoms with Crippen molar-refractivity contribution >= 4 is 27.7 Å². The predicted octanol–water partition coefficient (Wildman–Crippen LogP) is 3.49. The summed E-state index contributed by atoms with van der Waals surface area (Å²) in [6.07, 6.45) is -0.492. The topological polar surface area (TPSA) is 56.8 Å². The van der Waals surface area contributed by atoms with Gasteiger partial charge in [0.15, 0.2) is 0 Å². The molecule has 0 aromatic heterocycles. The van der Waals surface area contributed by atoms with Gasteiger partial charge in [0.25, 0.3) is 0 Å². The molecule has 0 aliphatic rings. The number of hydrogen-bond acceptors (Lipinski definition) is 4. The molecule has 100 valence electrons. The molecule has 0 unspecified atom stereocenters. The van der Waals surface area contributed by atoms with Crippen LogP contribution in [0, 0.1) is 0 Å². The zero-order valence-corrected chi connectivity index (χ0v) is 12.0. The van der Waals surface area contributed by atoms with Crippen molar-refractivity contribution in [2.75, 3.05) is 18.5 Å². The third kappa shape index (κ3) is 5.03. The number of carbonyl (C=O) groups is 1. The molecule has 1 aromatic rings. The molecule has 0 heterocycles. The van der Waals surface area contributed by atoms with E-state index in [4.69, 9.17) is 14.5 Å². The van der Waals surface area contributed by atoms with Crippen molar-refractivity contribution in [2.45, 2.75) is 20.5 Å². The Morgan fingerprint density at radius 2 is 2.06 bits per heavy atom. The summed E-state index contributed by atoms with van der Waals surface area (Å²) in [6.45, 7) is 4.63. The first kappa shape index (κ1) is 14.9. The molecule has 5 nitrogen and oxygen atoms in total. The molecule has 6 heteroatoms. The highest BCUT2D eigenvalue weighted by molar-refractivity contribution is 9.10. The van der Waals surface area contributed by atoms with E-state index in [1.165, 1.54) is 0 Å². The second kappa shape index (κ2) is 8.07. The van der Waals surface area contributed by atoms with Crippen LogP contribution in [0.1, 0.15) is 19.4 Å². The first-order valence-corrected chi connectivity index (χ1v) is 6.43. The van der Waals surface area contributed by atoms with Gasteiger partial charge in [0.1, 0.15) is 6.61 Å². The monoisotopic (exact) mass is 317 g/mol. The van der Waals surface area contributed by atoms with Gasteiger partial charge >= 0.3 is 6.09 Å². The summed E-state index contributed by atoms with van der Waals surface area (Å²) in [5.74, 6) is 0. The Morgan fingerprint density at radius 3 is 2.72 bits per heavy atom. The van der Waals surface area contributed by atoms with Crippen LogP contribution in [0.3, 0.4) is 0 Å². The number of hydrogen-bond donors (Lipinski definition) is 1. The largest absolute Gasteiger partial charge is 0.450 e. The van der Waals surface area contributed by atoms with Crippen LogP contribution in [0.15, 0.2) is 22.7 Å². The number of halogens is 1. The Morgan fingerprint density at radius 1 is 1.28 bits per heavy atom. The van der Waals surface area contributed by atoms with Crippen LogP contribution in [0.25, 0.3) is 0 Å². The first-order chi connectivity index (χ1) is 8.67. The molecule has 0 spiro atoms. The average molecular weight is 318 g/mol. The van der Waals surface area contributed by atoms with Gasteiger partial charge in [-0.3, -0.25) is 5.32 Å². The number of amides is 1. The first-order valence-electron chi connectivity index (χ1n) is 5.64. The van der Waals surface area contributed by atoms with Gasteiger partial charge in [0.2, 0.25) is 0 Å². The molecule has 1 N–H and O–H groups in total. The summed E-state index contributed by atoms with van der Waals surface area (Å²) in [5, 5.41) is 2.65. The summed E-state index contributed by atoms with van der Waals surface area (Å²) in [5.41, 5.74) is 1.43. The molecule has 18 heavy (non-hydrogen) atoms. The third-order valence-electron chi connectivity index (χ3n) is 2.00. The van der Waals surface area contributed by atoms with Crippen molar-refractivity contribution in [3.63, 3.8) is 0 Å². The average Bonchev–Trinajstić information content (AvgIpc) is 2.32. The summed E-state index contributed by atoms with van der Waals surface area (Å²) >= 11 is 3.34. The Labute approximate surface area is 114 Å². The van der Waals surface area contributed by atoms with Crippen molar-refractivity contribution in [1.29, 1.82) is 0 Å². The van der Waals surface area contributed by atoms with Crippen LogP contribution in [0.5, 0.6) is 0 Å². The molecule has 0 aliphatic carbocycles. The Balaban J connectivity index is 2.73. The maximum Gasteiger partial charge on any atom is 0.411 e. The SMILES string of the molecule is CCOOCc1ccc(Br)cc1NC(=O)OCC. The molecule has 1 rings (SSSR count). The number of rotatable bonds is 6. The maximum atomic E-state index is 11.4. The highest BCUT2D eigenvalue weighted by Gasteiger charge is 2.08. The Hall–Kier alpha value is -1.11. The maximum absolute atomic E-state index is 11.4. The summed E-state index contributed by atoms with van der Waals surface area (Å²) in [7, 11) is 0. The lowest BCUT2D eigenvalue weighted by Crippen LogP contribution is -2.15. The van der Waals surface area contributed by atoms with E-state index in [2.05, 4.69) is 21.2 Å². The van der Waals surface area contributed by atoms with E-state index >= 15 is 0 Å². The minimum absolute atomic E-state index is 0.253. The van der Waals surface area contributed by atoms with E-state index in [1.54, 1.807) is 13.0 Å². The number of carbonyl (C=O) groups excluding carboxylic acids is 1. The van der Waals surface area contributed by atoms with E-state index in [1.807, 2.05) is 19.1 Å². The van der Waals surface area contributed by atoms with Gasteiger partial charge in [-0.2, -0.15) is 0 Å². The number of benzene rings is 1. The molecule has 0 saturated carbocycles. The van der Waals surface area contributed by atoms with Crippen molar-refractivity contribution < 1.29 is 19.3 Å². The summed E-state index contributed by atoms with van der Waals surface area (Å²) in [6, 6.07) is 5.48. The number of ether oxygens (including phenoxy) is 1. The fourth-order valence-corrected chi connectivity index (χ4v) is 1.62.